The molecule has 2 rings (SSSR count). The topological polar surface area (TPSA) is 76.2 Å². The summed E-state index contributed by atoms with van der Waals surface area (Å²) in [5, 5.41) is 9.30. The van der Waals surface area contributed by atoms with E-state index in [1.54, 1.807) is 6.07 Å². The number of nitrogens with two attached hydrogens (primary N) is 1. The largest absolute Gasteiger partial charge is 0.476 e. The second kappa shape index (κ2) is 4.42. The van der Waals surface area contributed by atoms with Crippen LogP contribution in [0.25, 0.3) is 10.6 Å². The summed E-state index contributed by atoms with van der Waals surface area (Å²) in [6.45, 7) is 0. The van der Waals surface area contributed by atoms with Crippen molar-refractivity contribution in [3.63, 3.8) is 0 Å². The van der Waals surface area contributed by atoms with E-state index in [-0.39, 0.29) is 15.2 Å². The number of hydrogen-bond acceptors (Lipinski definition) is 4. The molecule has 0 aliphatic carbocycles. The van der Waals surface area contributed by atoms with Crippen LogP contribution in [0.3, 0.4) is 0 Å². The number of halogens is 2. The van der Waals surface area contributed by atoms with Crippen molar-refractivity contribution in [3.8, 4) is 10.6 Å². The van der Waals surface area contributed by atoms with Crippen LogP contribution in [0, 0.1) is 5.82 Å². The first-order chi connectivity index (χ1) is 8.00. The lowest BCUT2D eigenvalue weighted by Crippen LogP contribution is -2.00. The Labute approximate surface area is 108 Å². The van der Waals surface area contributed by atoms with Crippen molar-refractivity contribution in [3.05, 3.63) is 34.2 Å². The van der Waals surface area contributed by atoms with Gasteiger partial charge in [0.15, 0.2) is 5.69 Å². The molecule has 4 nitrogen and oxygen atoms in total. The van der Waals surface area contributed by atoms with E-state index in [0.717, 1.165) is 11.3 Å². The van der Waals surface area contributed by atoms with Gasteiger partial charge in [-0.05, 0) is 22.0 Å². The minimum Gasteiger partial charge on any atom is -0.476 e. The molecule has 1 aromatic carbocycles. The van der Waals surface area contributed by atoms with Crippen molar-refractivity contribution in [2.45, 2.75) is 0 Å². The van der Waals surface area contributed by atoms with Gasteiger partial charge in [0.25, 0.3) is 0 Å². The van der Waals surface area contributed by atoms with Crippen LogP contribution in [-0.4, -0.2) is 16.1 Å². The summed E-state index contributed by atoms with van der Waals surface area (Å²) in [5.41, 5.74) is 5.81. The fraction of sp³-hybridized carbons (Fsp3) is 0. The minimum absolute atomic E-state index is 0.101. The van der Waals surface area contributed by atoms with Gasteiger partial charge in [0.05, 0.1) is 4.47 Å². The molecular weight excluding hydrogens is 311 g/mol. The summed E-state index contributed by atoms with van der Waals surface area (Å²) in [6, 6.07) is 4.45. The molecule has 3 N–H and O–H groups in total. The maximum Gasteiger partial charge on any atom is 0.357 e. The van der Waals surface area contributed by atoms with Crippen LogP contribution >= 0.6 is 27.3 Å². The average Bonchev–Trinajstić information content (AvgIpc) is 2.64. The SMILES string of the molecule is Nc1sc(-c2cccc(F)c2Br)nc1C(=O)O. The Morgan fingerprint density at radius 3 is 2.82 bits per heavy atom. The maximum atomic E-state index is 13.3. The summed E-state index contributed by atoms with van der Waals surface area (Å²) < 4.78 is 13.6. The number of aromatic carboxylic acids is 1. The highest BCUT2D eigenvalue weighted by Gasteiger charge is 2.18. The zero-order valence-electron chi connectivity index (χ0n) is 8.28. The average molecular weight is 317 g/mol. The van der Waals surface area contributed by atoms with Crippen LogP contribution in [0.1, 0.15) is 10.5 Å². The van der Waals surface area contributed by atoms with Gasteiger partial charge < -0.3 is 10.8 Å². The van der Waals surface area contributed by atoms with Gasteiger partial charge in [0.1, 0.15) is 15.8 Å². The van der Waals surface area contributed by atoms with Gasteiger partial charge in [-0.15, -0.1) is 0 Å². The van der Waals surface area contributed by atoms with E-state index >= 15 is 0 Å². The summed E-state index contributed by atoms with van der Waals surface area (Å²) in [7, 11) is 0. The lowest BCUT2D eigenvalue weighted by atomic mass is 10.2. The van der Waals surface area contributed by atoms with Gasteiger partial charge >= 0.3 is 5.97 Å². The number of benzene rings is 1. The summed E-state index contributed by atoms with van der Waals surface area (Å²) in [4.78, 5) is 14.7. The fourth-order valence-electron chi connectivity index (χ4n) is 1.27. The number of nitrogens with zero attached hydrogens (tertiary/aromatic N) is 1. The summed E-state index contributed by atoms with van der Waals surface area (Å²) >= 11 is 4.10. The number of rotatable bonds is 2. The Morgan fingerprint density at radius 2 is 2.24 bits per heavy atom. The van der Waals surface area contributed by atoms with Crippen LogP contribution in [-0.2, 0) is 0 Å². The van der Waals surface area contributed by atoms with Crippen LogP contribution in [0.5, 0.6) is 0 Å². The van der Waals surface area contributed by atoms with Gasteiger partial charge in [-0.2, -0.15) is 0 Å². The molecule has 0 unspecified atom stereocenters. The molecule has 0 saturated carbocycles. The Hall–Kier alpha value is -1.47. The molecule has 1 heterocycles. The van der Waals surface area contributed by atoms with E-state index in [1.807, 2.05) is 0 Å². The molecule has 0 saturated heterocycles. The molecule has 0 aliphatic heterocycles. The van der Waals surface area contributed by atoms with Crippen molar-refractivity contribution in [2.24, 2.45) is 0 Å². The fourth-order valence-corrected chi connectivity index (χ4v) is 2.71. The van der Waals surface area contributed by atoms with E-state index in [0.29, 0.717) is 10.6 Å². The molecule has 2 aromatic rings. The summed E-state index contributed by atoms with van der Waals surface area (Å²) in [6.07, 6.45) is 0. The van der Waals surface area contributed by atoms with E-state index in [4.69, 9.17) is 10.8 Å². The van der Waals surface area contributed by atoms with Gasteiger partial charge in [-0.1, -0.05) is 23.5 Å². The molecule has 0 atom stereocenters. The molecule has 0 bridgehead atoms. The van der Waals surface area contributed by atoms with Crippen molar-refractivity contribution in [1.29, 1.82) is 0 Å². The number of carboxylic acids is 1. The molecule has 1 aromatic heterocycles. The van der Waals surface area contributed by atoms with Gasteiger partial charge in [0.2, 0.25) is 0 Å². The van der Waals surface area contributed by atoms with E-state index in [1.165, 1.54) is 12.1 Å². The molecular formula is C10H6BrFN2O2S. The highest BCUT2D eigenvalue weighted by Crippen LogP contribution is 2.35. The number of hydrogen-bond donors (Lipinski definition) is 2. The van der Waals surface area contributed by atoms with Crippen molar-refractivity contribution >= 4 is 38.2 Å². The van der Waals surface area contributed by atoms with Crippen molar-refractivity contribution in [1.82, 2.24) is 4.98 Å². The first-order valence-electron chi connectivity index (χ1n) is 4.44. The number of aromatic nitrogens is 1. The number of anilines is 1. The predicted octanol–water partition coefficient (Wildman–Crippen LogP) is 2.99. The smallest absolute Gasteiger partial charge is 0.357 e. The third kappa shape index (κ3) is 2.16. The Bertz CT molecular complexity index is 600. The molecule has 88 valence electrons. The Kier molecular flexibility index (Phi) is 3.12. The zero-order valence-corrected chi connectivity index (χ0v) is 10.7. The number of thiazole rings is 1. The first kappa shape index (κ1) is 12.0. The standard InChI is InChI=1S/C10H6BrFN2O2S/c11-6-4(2-1-3-5(6)12)9-14-7(10(15)16)8(13)17-9/h1-3H,13H2,(H,15,16). The second-order valence-corrected chi connectivity index (χ2v) is 4.96. The van der Waals surface area contributed by atoms with Crippen molar-refractivity contribution < 1.29 is 14.3 Å². The van der Waals surface area contributed by atoms with Crippen LogP contribution in [0.2, 0.25) is 0 Å². The van der Waals surface area contributed by atoms with Crippen LogP contribution in [0.15, 0.2) is 22.7 Å². The molecule has 0 radical (unpaired) electrons. The van der Waals surface area contributed by atoms with Crippen LogP contribution < -0.4 is 5.73 Å². The minimum atomic E-state index is -1.20. The zero-order chi connectivity index (χ0) is 12.6. The molecule has 0 fully saturated rings. The highest BCUT2D eigenvalue weighted by molar-refractivity contribution is 9.10. The van der Waals surface area contributed by atoms with Crippen LogP contribution in [0.4, 0.5) is 9.39 Å². The third-order valence-electron chi connectivity index (χ3n) is 2.04. The first-order valence-corrected chi connectivity index (χ1v) is 6.05. The molecule has 0 aliphatic rings. The second-order valence-electron chi connectivity index (χ2n) is 3.14. The van der Waals surface area contributed by atoms with Gasteiger partial charge in [0, 0.05) is 5.56 Å². The van der Waals surface area contributed by atoms with Gasteiger partial charge in [-0.3, -0.25) is 0 Å². The summed E-state index contributed by atoms with van der Waals surface area (Å²) in [5.74, 6) is -1.63. The number of nitrogen functional groups attached to an aromatic ring is 1. The molecule has 0 amide bonds. The van der Waals surface area contributed by atoms with E-state index in [9.17, 15) is 9.18 Å². The molecule has 17 heavy (non-hydrogen) atoms. The molecule has 7 heteroatoms. The highest BCUT2D eigenvalue weighted by atomic mass is 79.9. The quantitative estimate of drug-likeness (QED) is 0.893. The Balaban J connectivity index is 2.58. The Morgan fingerprint density at radius 1 is 1.53 bits per heavy atom. The number of carboxylic acid groups (broad SMARTS) is 1. The van der Waals surface area contributed by atoms with Gasteiger partial charge in [-0.25, -0.2) is 14.2 Å². The lowest BCUT2D eigenvalue weighted by molar-refractivity contribution is 0.0692. The number of carbonyl (C=O) groups is 1. The predicted molar refractivity (Wildman–Crippen MR) is 66.6 cm³/mol. The third-order valence-corrected chi connectivity index (χ3v) is 3.76. The maximum absolute atomic E-state index is 13.3. The normalized spacial score (nSPS) is 10.5. The monoisotopic (exact) mass is 316 g/mol. The van der Waals surface area contributed by atoms with E-state index in [2.05, 4.69) is 20.9 Å². The molecule has 0 spiro atoms. The van der Waals surface area contributed by atoms with Crippen molar-refractivity contribution in [2.75, 3.05) is 5.73 Å². The lowest BCUT2D eigenvalue weighted by Gasteiger charge is -2.00. The van der Waals surface area contributed by atoms with E-state index < -0.39 is 11.8 Å².